The number of benzene rings is 2. The lowest BCUT2D eigenvalue weighted by molar-refractivity contribution is -0.137. The Kier molecular flexibility index (Phi) is 5.06. The van der Waals surface area contributed by atoms with Crippen LogP contribution in [0, 0.1) is 0 Å². The molecule has 3 nitrogen and oxygen atoms in total. The van der Waals surface area contributed by atoms with Gasteiger partial charge >= 0.3 is 12.1 Å². The van der Waals surface area contributed by atoms with E-state index in [4.69, 9.17) is 27.9 Å². The molecule has 0 saturated carbocycles. The highest BCUT2D eigenvalue weighted by molar-refractivity contribution is 6.33. The molecule has 0 aromatic heterocycles. The van der Waals surface area contributed by atoms with Gasteiger partial charge < -0.3 is 9.47 Å². The molecule has 2 aromatic carbocycles. The van der Waals surface area contributed by atoms with Crippen LogP contribution in [-0.2, 0) is 10.9 Å². The standard InChI is InChI=1S/C15H9Cl2F3O3/c1-22-14(21)10-7-9(3-4-11(10)16)23-13-5-2-8(6-12(13)17)15(18,19)20/h2-7H,1H3. The third kappa shape index (κ3) is 4.09. The molecule has 8 heteroatoms. The third-order valence-corrected chi connectivity index (χ3v) is 3.46. The highest BCUT2D eigenvalue weighted by atomic mass is 35.5. The molecule has 0 unspecified atom stereocenters. The van der Waals surface area contributed by atoms with Gasteiger partial charge in [0.25, 0.3) is 0 Å². The van der Waals surface area contributed by atoms with Gasteiger partial charge in [-0.05, 0) is 36.4 Å². The van der Waals surface area contributed by atoms with Crippen molar-refractivity contribution in [3.63, 3.8) is 0 Å². The number of hydrogen-bond acceptors (Lipinski definition) is 3. The summed E-state index contributed by atoms with van der Waals surface area (Å²) in [5.74, 6) is -0.478. The van der Waals surface area contributed by atoms with Gasteiger partial charge in [0.15, 0.2) is 0 Å². The second-order valence-electron chi connectivity index (χ2n) is 4.38. The molecule has 0 heterocycles. The van der Waals surface area contributed by atoms with Crippen molar-refractivity contribution in [1.82, 2.24) is 0 Å². The lowest BCUT2D eigenvalue weighted by atomic mass is 10.2. The van der Waals surface area contributed by atoms with Gasteiger partial charge in [0.05, 0.1) is 28.3 Å². The molecule has 0 saturated heterocycles. The van der Waals surface area contributed by atoms with Crippen molar-refractivity contribution < 1.29 is 27.4 Å². The van der Waals surface area contributed by atoms with Crippen LogP contribution in [0.15, 0.2) is 36.4 Å². The molecule has 0 aliphatic heterocycles. The Hall–Kier alpha value is -1.92. The lowest BCUT2D eigenvalue weighted by Gasteiger charge is -2.12. The minimum atomic E-state index is -4.50. The summed E-state index contributed by atoms with van der Waals surface area (Å²) in [6.07, 6.45) is -4.50. The summed E-state index contributed by atoms with van der Waals surface area (Å²) in [4.78, 5) is 11.5. The molecule has 2 aromatic rings. The molecule has 2 rings (SSSR count). The Labute approximate surface area is 139 Å². The average Bonchev–Trinajstić information content (AvgIpc) is 2.49. The van der Waals surface area contributed by atoms with Gasteiger partial charge in [-0.15, -0.1) is 0 Å². The number of carbonyl (C=O) groups excluding carboxylic acids is 1. The van der Waals surface area contributed by atoms with E-state index in [1.54, 1.807) is 0 Å². The highest BCUT2D eigenvalue weighted by Gasteiger charge is 2.31. The molecular weight excluding hydrogens is 356 g/mol. The quantitative estimate of drug-likeness (QED) is 0.665. The van der Waals surface area contributed by atoms with Crippen LogP contribution in [0.4, 0.5) is 13.2 Å². The zero-order valence-corrected chi connectivity index (χ0v) is 13.1. The molecule has 0 bridgehead atoms. The van der Waals surface area contributed by atoms with E-state index in [1.807, 2.05) is 0 Å². The van der Waals surface area contributed by atoms with Crippen LogP contribution >= 0.6 is 23.2 Å². The van der Waals surface area contributed by atoms with Gasteiger partial charge in [-0.25, -0.2) is 4.79 Å². The molecule has 0 fully saturated rings. The van der Waals surface area contributed by atoms with E-state index in [-0.39, 0.29) is 27.1 Å². The third-order valence-electron chi connectivity index (χ3n) is 2.83. The molecule has 23 heavy (non-hydrogen) atoms. The molecule has 0 spiro atoms. The van der Waals surface area contributed by atoms with Crippen molar-refractivity contribution in [2.45, 2.75) is 6.18 Å². The minimum absolute atomic E-state index is 0.0119. The number of ether oxygens (including phenoxy) is 2. The molecule has 0 N–H and O–H groups in total. The van der Waals surface area contributed by atoms with Gasteiger partial charge in [0.1, 0.15) is 11.5 Å². The summed E-state index contributed by atoms with van der Waals surface area (Å²) < 4.78 is 47.7. The van der Waals surface area contributed by atoms with E-state index in [9.17, 15) is 18.0 Å². The van der Waals surface area contributed by atoms with Crippen molar-refractivity contribution in [3.05, 3.63) is 57.6 Å². The van der Waals surface area contributed by atoms with Crippen LogP contribution in [0.1, 0.15) is 15.9 Å². The van der Waals surface area contributed by atoms with E-state index in [2.05, 4.69) is 4.74 Å². The summed E-state index contributed by atoms with van der Waals surface area (Å²) in [6, 6.07) is 6.86. The molecule has 122 valence electrons. The first kappa shape index (κ1) is 17.4. The molecule has 0 atom stereocenters. The summed E-state index contributed by atoms with van der Waals surface area (Å²) in [5.41, 5.74) is -0.823. The van der Waals surface area contributed by atoms with Crippen LogP contribution in [0.25, 0.3) is 0 Å². The van der Waals surface area contributed by atoms with E-state index >= 15 is 0 Å². The van der Waals surface area contributed by atoms with Gasteiger partial charge in [-0.2, -0.15) is 13.2 Å². The fourth-order valence-corrected chi connectivity index (χ4v) is 2.13. The van der Waals surface area contributed by atoms with E-state index in [0.29, 0.717) is 0 Å². The zero-order chi connectivity index (χ0) is 17.2. The first-order valence-electron chi connectivity index (χ1n) is 6.15. The maximum absolute atomic E-state index is 12.6. The number of esters is 1. The van der Waals surface area contributed by atoms with Crippen molar-refractivity contribution in [2.75, 3.05) is 7.11 Å². The Balaban J connectivity index is 2.31. The van der Waals surface area contributed by atoms with Gasteiger partial charge in [-0.1, -0.05) is 23.2 Å². The first-order chi connectivity index (χ1) is 10.7. The number of methoxy groups -OCH3 is 1. The topological polar surface area (TPSA) is 35.5 Å². The van der Waals surface area contributed by atoms with E-state index in [1.165, 1.54) is 25.3 Å². The second kappa shape index (κ2) is 6.68. The molecule has 0 amide bonds. The van der Waals surface area contributed by atoms with E-state index < -0.39 is 17.7 Å². The monoisotopic (exact) mass is 364 g/mol. The number of hydrogen-bond donors (Lipinski definition) is 0. The lowest BCUT2D eigenvalue weighted by Crippen LogP contribution is -2.04. The average molecular weight is 365 g/mol. The van der Waals surface area contributed by atoms with Crippen LogP contribution in [0.3, 0.4) is 0 Å². The second-order valence-corrected chi connectivity index (χ2v) is 5.19. The largest absolute Gasteiger partial charge is 0.465 e. The van der Waals surface area contributed by atoms with Crippen LogP contribution in [-0.4, -0.2) is 13.1 Å². The fourth-order valence-electron chi connectivity index (χ4n) is 1.72. The zero-order valence-electron chi connectivity index (χ0n) is 11.6. The molecular formula is C15H9Cl2F3O3. The summed E-state index contributed by atoms with van der Waals surface area (Å²) in [7, 11) is 1.19. The minimum Gasteiger partial charge on any atom is -0.465 e. The predicted octanol–water partition coefficient (Wildman–Crippen LogP) is 5.59. The summed E-state index contributed by atoms with van der Waals surface area (Å²) in [6.45, 7) is 0. The van der Waals surface area contributed by atoms with Crippen LogP contribution < -0.4 is 4.74 Å². The number of halogens is 5. The number of alkyl halides is 3. The highest BCUT2D eigenvalue weighted by Crippen LogP contribution is 2.37. The SMILES string of the molecule is COC(=O)c1cc(Oc2ccc(C(F)(F)F)cc2Cl)ccc1Cl. The van der Waals surface area contributed by atoms with Crippen molar-refractivity contribution in [3.8, 4) is 11.5 Å². The summed E-state index contributed by atoms with van der Waals surface area (Å²) in [5, 5.41) is -0.0582. The van der Waals surface area contributed by atoms with Crippen LogP contribution in [0.2, 0.25) is 10.0 Å². The first-order valence-corrected chi connectivity index (χ1v) is 6.90. The van der Waals surface area contributed by atoms with Crippen molar-refractivity contribution in [1.29, 1.82) is 0 Å². The Morgan fingerprint density at radius 2 is 1.74 bits per heavy atom. The Morgan fingerprint density at radius 1 is 1.04 bits per heavy atom. The number of rotatable bonds is 3. The van der Waals surface area contributed by atoms with Gasteiger partial charge in [0, 0.05) is 0 Å². The predicted molar refractivity (Wildman–Crippen MR) is 79.3 cm³/mol. The molecule has 0 aliphatic rings. The van der Waals surface area contributed by atoms with E-state index in [0.717, 1.165) is 18.2 Å². The maximum Gasteiger partial charge on any atom is 0.416 e. The molecule has 0 radical (unpaired) electrons. The van der Waals surface area contributed by atoms with Gasteiger partial charge in [-0.3, -0.25) is 0 Å². The Morgan fingerprint density at radius 3 is 2.30 bits per heavy atom. The van der Waals surface area contributed by atoms with Crippen molar-refractivity contribution in [2.24, 2.45) is 0 Å². The van der Waals surface area contributed by atoms with Gasteiger partial charge in [0.2, 0.25) is 0 Å². The molecule has 0 aliphatic carbocycles. The smallest absolute Gasteiger partial charge is 0.416 e. The maximum atomic E-state index is 12.6. The fraction of sp³-hybridized carbons (Fsp3) is 0.133. The van der Waals surface area contributed by atoms with Crippen molar-refractivity contribution >= 4 is 29.2 Å². The number of carbonyl (C=O) groups is 1. The van der Waals surface area contributed by atoms with Crippen LogP contribution in [0.5, 0.6) is 11.5 Å². The Bertz CT molecular complexity index is 745. The summed E-state index contributed by atoms with van der Waals surface area (Å²) >= 11 is 11.7. The normalized spacial score (nSPS) is 11.2.